The molecule has 0 bridgehead atoms. The minimum Gasteiger partial charge on any atom is -0.493 e. The number of halogens is 4. The van der Waals surface area contributed by atoms with Gasteiger partial charge >= 0.3 is 6.18 Å². The first-order valence-electron chi connectivity index (χ1n) is 10.3. The summed E-state index contributed by atoms with van der Waals surface area (Å²) in [7, 11) is 0. The molecule has 0 unspecified atom stereocenters. The Morgan fingerprint density at radius 1 is 1.03 bits per heavy atom. The molecule has 1 aliphatic rings. The Balaban J connectivity index is 0.000000166. The van der Waals surface area contributed by atoms with Crippen molar-refractivity contribution in [3.63, 3.8) is 0 Å². The van der Waals surface area contributed by atoms with E-state index in [2.05, 4.69) is 20.8 Å². The third-order valence-corrected chi connectivity index (χ3v) is 6.37. The molecule has 4 nitrogen and oxygen atoms in total. The fourth-order valence-corrected chi connectivity index (χ4v) is 4.43. The summed E-state index contributed by atoms with van der Waals surface area (Å²) >= 11 is 2.71. The molecule has 0 spiro atoms. The van der Waals surface area contributed by atoms with Crippen LogP contribution in [0.15, 0.2) is 77.1 Å². The number of thiazole rings is 1. The SMILES string of the molecule is FC(F)(F)c1cccc(-c2nccs2)c1.Fc1cccc(NSc2ccc3c(c2)OCCC3)n1. The highest BCUT2D eigenvalue weighted by Gasteiger charge is 2.30. The average Bonchev–Trinajstić information content (AvgIpc) is 3.38. The average molecular weight is 506 g/mol. The lowest BCUT2D eigenvalue weighted by molar-refractivity contribution is -0.137. The Kier molecular flexibility index (Phi) is 7.69. The van der Waals surface area contributed by atoms with E-state index in [1.165, 1.54) is 41.0 Å². The van der Waals surface area contributed by atoms with E-state index < -0.39 is 17.7 Å². The number of alkyl halides is 3. The Morgan fingerprint density at radius 2 is 1.88 bits per heavy atom. The molecule has 1 aliphatic heterocycles. The molecule has 5 rings (SSSR count). The van der Waals surface area contributed by atoms with Gasteiger partial charge in [-0.1, -0.05) is 24.3 Å². The molecule has 0 fully saturated rings. The third kappa shape index (κ3) is 6.48. The summed E-state index contributed by atoms with van der Waals surface area (Å²) in [5.74, 6) is 0.966. The van der Waals surface area contributed by atoms with Crippen molar-refractivity contribution in [1.29, 1.82) is 0 Å². The molecular formula is C24H19F4N3OS2. The van der Waals surface area contributed by atoms with Crippen LogP contribution in [0.1, 0.15) is 17.5 Å². The number of hydrogen-bond donors (Lipinski definition) is 1. The monoisotopic (exact) mass is 505 g/mol. The Hall–Kier alpha value is -3.11. The highest BCUT2D eigenvalue weighted by molar-refractivity contribution is 8.00. The van der Waals surface area contributed by atoms with Crippen molar-refractivity contribution in [2.45, 2.75) is 23.9 Å². The van der Waals surface area contributed by atoms with Gasteiger partial charge in [-0.3, -0.25) is 0 Å². The fraction of sp³-hybridized carbons (Fsp3) is 0.167. The van der Waals surface area contributed by atoms with E-state index in [0.29, 0.717) is 16.4 Å². The molecule has 34 heavy (non-hydrogen) atoms. The number of fused-ring (bicyclic) bond motifs is 1. The number of rotatable bonds is 4. The number of aromatic nitrogens is 2. The van der Waals surface area contributed by atoms with Crippen LogP contribution in [0.3, 0.4) is 0 Å². The van der Waals surface area contributed by atoms with Crippen molar-refractivity contribution in [1.82, 2.24) is 9.97 Å². The van der Waals surface area contributed by atoms with E-state index in [1.54, 1.807) is 29.8 Å². The van der Waals surface area contributed by atoms with Crippen molar-refractivity contribution in [2.24, 2.45) is 0 Å². The summed E-state index contributed by atoms with van der Waals surface area (Å²) in [6, 6.07) is 16.0. The smallest absolute Gasteiger partial charge is 0.416 e. The maximum Gasteiger partial charge on any atom is 0.416 e. The zero-order chi connectivity index (χ0) is 24.0. The van der Waals surface area contributed by atoms with E-state index in [0.717, 1.165) is 42.2 Å². The van der Waals surface area contributed by atoms with Crippen LogP contribution in [0, 0.1) is 5.95 Å². The number of aryl methyl sites for hydroxylation is 1. The van der Waals surface area contributed by atoms with Crippen molar-refractivity contribution >= 4 is 29.1 Å². The van der Waals surface area contributed by atoms with Gasteiger partial charge in [0.1, 0.15) is 16.6 Å². The Bertz CT molecular complexity index is 1230. The van der Waals surface area contributed by atoms with E-state index in [4.69, 9.17) is 4.74 Å². The molecule has 1 N–H and O–H groups in total. The number of hydrogen-bond acceptors (Lipinski definition) is 6. The summed E-state index contributed by atoms with van der Waals surface area (Å²) in [6.45, 7) is 0.778. The van der Waals surface area contributed by atoms with Gasteiger partial charge in [-0.05, 0) is 66.8 Å². The van der Waals surface area contributed by atoms with Crippen molar-refractivity contribution in [3.8, 4) is 16.3 Å². The van der Waals surface area contributed by atoms with E-state index in [9.17, 15) is 17.6 Å². The van der Waals surface area contributed by atoms with Crippen LogP contribution in [-0.4, -0.2) is 16.6 Å². The van der Waals surface area contributed by atoms with Crippen LogP contribution in [0.25, 0.3) is 10.6 Å². The number of nitrogens with one attached hydrogen (secondary N) is 1. The van der Waals surface area contributed by atoms with E-state index >= 15 is 0 Å². The van der Waals surface area contributed by atoms with E-state index in [1.807, 2.05) is 12.1 Å². The molecule has 2 aromatic carbocycles. The van der Waals surface area contributed by atoms with Gasteiger partial charge in [-0.15, -0.1) is 11.3 Å². The third-order valence-electron chi connectivity index (χ3n) is 4.74. The van der Waals surface area contributed by atoms with Gasteiger partial charge in [0, 0.05) is 22.0 Å². The van der Waals surface area contributed by atoms with E-state index in [-0.39, 0.29) is 0 Å². The van der Waals surface area contributed by atoms with Gasteiger partial charge in [-0.2, -0.15) is 17.6 Å². The zero-order valence-electron chi connectivity index (χ0n) is 17.7. The molecule has 3 heterocycles. The van der Waals surface area contributed by atoms with Gasteiger partial charge in [-0.25, -0.2) is 9.97 Å². The first kappa shape index (κ1) is 24.0. The topological polar surface area (TPSA) is 47.0 Å². The number of benzene rings is 2. The number of nitrogens with zero attached hydrogens (tertiary/aromatic N) is 2. The number of ether oxygens (including phenoxy) is 1. The largest absolute Gasteiger partial charge is 0.493 e. The lowest BCUT2D eigenvalue weighted by atomic mass is 10.1. The molecule has 0 saturated carbocycles. The lowest BCUT2D eigenvalue weighted by Crippen LogP contribution is -2.08. The maximum atomic E-state index is 12.9. The summed E-state index contributed by atoms with van der Waals surface area (Å²) in [6.07, 6.45) is -0.586. The number of anilines is 1. The maximum absolute atomic E-state index is 12.9. The fourth-order valence-electron chi connectivity index (χ4n) is 3.15. The molecule has 0 radical (unpaired) electrons. The zero-order valence-corrected chi connectivity index (χ0v) is 19.3. The van der Waals surface area contributed by atoms with Gasteiger partial charge in [0.2, 0.25) is 5.95 Å². The molecule has 0 atom stereocenters. The summed E-state index contributed by atoms with van der Waals surface area (Å²) in [5.41, 5.74) is 1.11. The minimum absolute atomic E-state index is 0.487. The van der Waals surface area contributed by atoms with Gasteiger partial charge in [0.05, 0.1) is 12.2 Å². The van der Waals surface area contributed by atoms with Crippen LogP contribution >= 0.6 is 23.3 Å². The van der Waals surface area contributed by atoms with Crippen molar-refractivity contribution < 1.29 is 22.3 Å². The molecule has 2 aromatic heterocycles. The highest BCUT2D eigenvalue weighted by atomic mass is 32.2. The first-order chi connectivity index (χ1) is 16.4. The van der Waals surface area contributed by atoms with Crippen LogP contribution < -0.4 is 9.46 Å². The Morgan fingerprint density at radius 3 is 2.65 bits per heavy atom. The second kappa shape index (κ2) is 10.9. The quantitative estimate of drug-likeness (QED) is 0.177. The molecule has 0 saturated heterocycles. The predicted molar refractivity (Wildman–Crippen MR) is 126 cm³/mol. The summed E-state index contributed by atoms with van der Waals surface area (Å²) < 4.78 is 58.8. The summed E-state index contributed by atoms with van der Waals surface area (Å²) in [4.78, 5) is 8.73. The molecule has 176 valence electrons. The standard InChI is InChI=1S/C14H13FN2OS.C10H6F3NS/c15-13-4-1-5-14(16-13)17-19-11-7-6-10-3-2-8-18-12(10)9-11;11-10(12,13)8-3-1-2-7(6-8)9-14-4-5-15-9/h1,4-7,9H,2-3,8H2,(H,16,17);1-6H. The highest BCUT2D eigenvalue weighted by Crippen LogP contribution is 2.33. The molecule has 0 aliphatic carbocycles. The van der Waals surface area contributed by atoms with Gasteiger partial charge < -0.3 is 9.46 Å². The molecule has 10 heteroatoms. The summed E-state index contributed by atoms with van der Waals surface area (Å²) in [5, 5.41) is 2.33. The van der Waals surface area contributed by atoms with Crippen LogP contribution in [0.2, 0.25) is 0 Å². The van der Waals surface area contributed by atoms with Crippen LogP contribution in [-0.2, 0) is 12.6 Å². The second-order valence-corrected chi connectivity index (χ2v) is 8.96. The van der Waals surface area contributed by atoms with Gasteiger partial charge in [0.15, 0.2) is 0 Å². The van der Waals surface area contributed by atoms with Crippen LogP contribution in [0.5, 0.6) is 5.75 Å². The minimum atomic E-state index is -4.30. The molecular weight excluding hydrogens is 486 g/mol. The molecule has 0 amide bonds. The normalized spacial score (nSPS) is 12.7. The Labute approximate surface area is 202 Å². The lowest BCUT2D eigenvalue weighted by Gasteiger charge is -2.17. The van der Waals surface area contributed by atoms with Gasteiger partial charge in [0.25, 0.3) is 0 Å². The predicted octanol–water partition coefficient (Wildman–Crippen LogP) is 7.49. The second-order valence-electron chi connectivity index (χ2n) is 7.19. The van der Waals surface area contributed by atoms with Crippen molar-refractivity contribution in [2.75, 3.05) is 11.3 Å². The van der Waals surface area contributed by atoms with Crippen molar-refractivity contribution in [3.05, 3.63) is 89.3 Å². The first-order valence-corrected chi connectivity index (χ1v) is 12.0. The molecule has 4 aromatic rings. The number of pyridine rings is 1. The van der Waals surface area contributed by atoms with Crippen LogP contribution in [0.4, 0.5) is 23.4 Å².